The number of carboxylic acid groups (broad SMARTS) is 1. The minimum Gasteiger partial charge on any atom is -0.478 e. The van der Waals surface area contributed by atoms with E-state index < -0.39 is 5.97 Å². The van der Waals surface area contributed by atoms with Crippen LogP contribution in [0.15, 0.2) is 48.5 Å². The van der Waals surface area contributed by atoms with Crippen LogP contribution < -0.4 is 4.90 Å². The molecule has 0 aliphatic carbocycles. The maximum atomic E-state index is 11.4. The second-order valence-electron chi connectivity index (χ2n) is 5.12. The van der Waals surface area contributed by atoms with Crippen LogP contribution in [0.5, 0.6) is 0 Å². The van der Waals surface area contributed by atoms with Gasteiger partial charge in [0.15, 0.2) is 0 Å². The highest BCUT2D eigenvalue weighted by Crippen LogP contribution is 2.26. The summed E-state index contributed by atoms with van der Waals surface area (Å²) < 4.78 is 0. The zero-order valence-electron chi connectivity index (χ0n) is 11.2. The molecule has 1 aliphatic heterocycles. The van der Waals surface area contributed by atoms with Crippen molar-refractivity contribution in [3.05, 3.63) is 65.2 Å². The molecule has 0 fully saturated rings. The summed E-state index contributed by atoms with van der Waals surface area (Å²) >= 11 is 0. The number of benzene rings is 2. The Bertz CT molecular complexity index is 636. The van der Waals surface area contributed by atoms with Crippen LogP contribution in [0.2, 0.25) is 0 Å². The van der Waals surface area contributed by atoms with Crippen molar-refractivity contribution in [1.29, 1.82) is 0 Å². The third kappa shape index (κ3) is 2.39. The van der Waals surface area contributed by atoms with Crippen molar-refractivity contribution in [2.75, 3.05) is 11.4 Å². The molecular formula is C17H17NO2. The first-order valence-corrected chi connectivity index (χ1v) is 6.90. The number of nitrogens with zero attached hydrogens (tertiary/aromatic N) is 1. The van der Waals surface area contributed by atoms with Crippen LogP contribution in [0.4, 0.5) is 5.69 Å². The molecule has 2 aromatic rings. The SMILES string of the molecule is O=C(O)c1ccccc1N1CCCc2ccccc2C1. The summed E-state index contributed by atoms with van der Waals surface area (Å²) in [5, 5.41) is 9.34. The van der Waals surface area contributed by atoms with Gasteiger partial charge in [-0.1, -0.05) is 36.4 Å². The average molecular weight is 267 g/mol. The number of para-hydroxylation sites is 1. The molecule has 0 atom stereocenters. The summed E-state index contributed by atoms with van der Waals surface area (Å²) in [4.78, 5) is 13.5. The Morgan fingerprint density at radius 1 is 1.00 bits per heavy atom. The Hall–Kier alpha value is -2.29. The third-order valence-electron chi connectivity index (χ3n) is 3.83. The van der Waals surface area contributed by atoms with Gasteiger partial charge in [-0.15, -0.1) is 0 Å². The van der Waals surface area contributed by atoms with Crippen molar-refractivity contribution in [3.8, 4) is 0 Å². The molecule has 0 amide bonds. The number of hydrogen-bond donors (Lipinski definition) is 1. The quantitative estimate of drug-likeness (QED) is 0.907. The van der Waals surface area contributed by atoms with Crippen LogP contribution in [0.25, 0.3) is 0 Å². The molecular weight excluding hydrogens is 250 g/mol. The van der Waals surface area contributed by atoms with Gasteiger partial charge in [-0.3, -0.25) is 0 Å². The lowest BCUT2D eigenvalue weighted by Crippen LogP contribution is -2.24. The Kier molecular flexibility index (Phi) is 3.42. The van der Waals surface area contributed by atoms with E-state index >= 15 is 0 Å². The Balaban J connectivity index is 1.98. The summed E-state index contributed by atoms with van der Waals surface area (Å²) in [5.74, 6) is -0.863. The molecule has 0 unspecified atom stereocenters. The van der Waals surface area contributed by atoms with E-state index in [9.17, 15) is 9.90 Å². The predicted octanol–water partition coefficient (Wildman–Crippen LogP) is 3.34. The second-order valence-corrected chi connectivity index (χ2v) is 5.12. The average Bonchev–Trinajstić information content (AvgIpc) is 2.69. The van der Waals surface area contributed by atoms with Gasteiger partial charge >= 0.3 is 5.97 Å². The van der Waals surface area contributed by atoms with Crippen LogP contribution in [0.3, 0.4) is 0 Å². The molecule has 0 radical (unpaired) electrons. The number of carboxylic acids is 1. The summed E-state index contributed by atoms with van der Waals surface area (Å²) in [6.45, 7) is 1.67. The van der Waals surface area contributed by atoms with E-state index in [2.05, 4.69) is 23.1 Å². The van der Waals surface area contributed by atoms with Gasteiger partial charge in [0.2, 0.25) is 0 Å². The number of aryl methyl sites for hydroxylation is 1. The minimum atomic E-state index is -0.863. The molecule has 1 aliphatic rings. The number of anilines is 1. The summed E-state index contributed by atoms with van der Waals surface area (Å²) in [5.41, 5.74) is 3.87. The minimum absolute atomic E-state index is 0.381. The number of fused-ring (bicyclic) bond motifs is 1. The van der Waals surface area contributed by atoms with Crippen LogP contribution in [-0.4, -0.2) is 17.6 Å². The lowest BCUT2D eigenvalue weighted by atomic mass is 10.0. The van der Waals surface area contributed by atoms with E-state index in [1.165, 1.54) is 11.1 Å². The number of aromatic carboxylic acids is 1. The van der Waals surface area contributed by atoms with Gasteiger partial charge in [-0.25, -0.2) is 4.79 Å². The van der Waals surface area contributed by atoms with Gasteiger partial charge in [-0.05, 0) is 36.1 Å². The fourth-order valence-electron chi connectivity index (χ4n) is 2.84. The van der Waals surface area contributed by atoms with E-state index in [0.717, 1.165) is 31.6 Å². The number of rotatable bonds is 2. The molecule has 0 bridgehead atoms. The molecule has 0 saturated carbocycles. The molecule has 0 spiro atoms. The standard InChI is InChI=1S/C17H17NO2/c19-17(20)15-9-3-4-10-16(15)18-11-5-8-13-6-1-2-7-14(13)12-18/h1-4,6-7,9-10H,5,8,11-12H2,(H,19,20). The molecule has 0 saturated heterocycles. The van der Waals surface area contributed by atoms with Crippen molar-refractivity contribution < 1.29 is 9.90 Å². The van der Waals surface area contributed by atoms with Gasteiger partial charge < -0.3 is 10.0 Å². The maximum absolute atomic E-state index is 11.4. The van der Waals surface area contributed by atoms with Gasteiger partial charge in [0.1, 0.15) is 0 Å². The lowest BCUT2D eigenvalue weighted by molar-refractivity contribution is 0.0697. The number of carbonyl (C=O) groups is 1. The molecule has 3 heteroatoms. The van der Waals surface area contributed by atoms with E-state index in [4.69, 9.17) is 0 Å². The maximum Gasteiger partial charge on any atom is 0.337 e. The van der Waals surface area contributed by atoms with Crippen LogP contribution in [0, 0.1) is 0 Å². The van der Waals surface area contributed by atoms with Crippen molar-refractivity contribution in [3.63, 3.8) is 0 Å². The summed E-state index contributed by atoms with van der Waals surface area (Å²) in [6, 6.07) is 15.7. The highest BCUT2D eigenvalue weighted by atomic mass is 16.4. The Morgan fingerprint density at radius 2 is 1.70 bits per heavy atom. The van der Waals surface area contributed by atoms with Crippen molar-refractivity contribution in [2.45, 2.75) is 19.4 Å². The zero-order chi connectivity index (χ0) is 13.9. The first kappa shape index (κ1) is 12.7. The molecule has 0 aromatic heterocycles. The van der Waals surface area contributed by atoms with E-state index in [-0.39, 0.29) is 0 Å². The lowest BCUT2D eigenvalue weighted by Gasteiger charge is -2.24. The predicted molar refractivity (Wildman–Crippen MR) is 79.2 cm³/mol. The Morgan fingerprint density at radius 3 is 2.50 bits per heavy atom. The van der Waals surface area contributed by atoms with Gasteiger partial charge in [0, 0.05) is 13.1 Å². The van der Waals surface area contributed by atoms with E-state index in [0.29, 0.717) is 5.56 Å². The second kappa shape index (κ2) is 5.37. The Labute approximate surface area is 118 Å². The van der Waals surface area contributed by atoms with E-state index in [1.807, 2.05) is 18.2 Å². The highest BCUT2D eigenvalue weighted by Gasteiger charge is 2.18. The summed E-state index contributed by atoms with van der Waals surface area (Å²) in [7, 11) is 0. The van der Waals surface area contributed by atoms with Crippen LogP contribution in [0.1, 0.15) is 27.9 Å². The van der Waals surface area contributed by atoms with Gasteiger partial charge in [0.05, 0.1) is 11.3 Å². The smallest absolute Gasteiger partial charge is 0.337 e. The third-order valence-corrected chi connectivity index (χ3v) is 3.83. The molecule has 102 valence electrons. The first-order valence-electron chi connectivity index (χ1n) is 6.90. The monoisotopic (exact) mass is 267 g/mol. The van der Waals surface area contributed by atoms with Crippen molar-refractivity contribution in [1.82, 2.24) is 0 Å². The molecule has 1 N–H and O–H groups in total. The van der Waals surface area contributed by atoms with Gasteiger partial charge in [0.25, 0.3) is 0 Å². The molecule has 3 rings (SSSR count). The van der Waals surface area contributed by atoms with E-state index in [1.54, 1.807) is 12.1 Å². The fourth-order valence-corrected chi connectivity index (χ4v) is 2.84. The summed E-state index contributed by atoms with van der Waals surface area (Å²) in [6.07, 6.45) is 2.10. The molecule has 3 nitrogen and oxygen atoms in total. The normalized spacial score (nSPS) is 14.5. The van der Waals surface area contributed by atoms with Crippen molar-refractivity contribution in [2.24, 2.45) is 0 Å². The van der Waals surface area contributed by atoms with Gasteiger partial charge in [-0.2, -0.15) is 0 Å². The topological polar surface area (TPSA) is 40.5 Å². The van der Waals surface area contributed by atoms with Crippen molar-refractivity contribution >= 4 is 11.7 Å². The fraction of sp³-hybridized carbons (Fsp3) is 0.235. The molecule has 20 heavy (non-hydrogen) atoms. The first-order chi connectivity index (χ1) is 9.75. The largest absolute Gasteiger partial charge is 0.478 e. The molecule has 1 heterocycles. The van der Waals surface area contributed by atoms with Crippen LogP contribution >= 0.6 is 0 Å². The zero-order valence-corrected chi connectivity index (χ0v) is 11.2. The van der Waals surface area contributed by atoms with Crippen LogP contribution in [-0.2, 0) is 13.0 Å². The molecule has 2 aromatic carbocycles. The number of hydrogen-bond acceptors (Lipinski definition) is 2. The highest BCUT2D eigenvalue weighted by molar-refractivity contribution is 5.94.